The van der Waals surface area contributed by atoms with E-state index in [0.29, 0.717) is 6.04 Å². The maximum Gasteiger partial charge on any atom is 0.128 e. The van der Waals surface area contributed by atoms with Crippen LogP contribution < -0.4 is 10.2 Å². The van der Waals surface area contributed by atoms with Crippen LogP contribution in [-0.2, 0) is 0 Å². The summed E-state index contributed by atoms with van der Waals surface area (Å²) in [5.74, 6) is 1.08. The molecule has 2 rings (SSSR count). The Morgan fingerprint density at radius 1 is 1.60 bits per heavy atom. The molecule has 1 aromatic rings. The summed E-state index contributed by atoms with van der Waals surface area (Å²) in [5.41, 5.74) is 0. The molecule has 2 heterocycles. The zero-order valence-corrected chi connectivity index (χ0v) is 10.5. The van der Waals surface area contributed by atoms with Crippen LogP contribution >= 0.6 is 15.9 Å². The molecule has 3 nitrogen and oxygen atoms in total. The Kier molecular flexibility index (Phi) is 3.59. The lowest BCUT2D eigenvalue weighted by atomic mass is 10.3. The third kappa shape index (κ3) is 2.69. The SMILES string of the molecule is CCN[C@@H]1CCN(c2ccc(Br)cn2)C1. The summed E-state index contributed by atoms with van der Waals surface area (Å²) >= 11 is 3.40. The lowest BCUT2D eigenvalue weighted by Crippen LogP contribution is -2.32. The zero-order chi connectivity index (χ0) is 10.7. The molecule has 82 valence electrons. The van der Waals surface area contributed by atoms with Crippen LogP contribution in [0.4, 0.5) is 5.82 Å². The number of hydrogen-bond acceptors (Lipinski definition) is 3. The van der Waals surface area contributed by atoms with Gasteiger partial charge in [-0.15, -0.1) is 0 Å². The van der Waals surface area contributed by atoms with Crippen molar-refractivity contribution in [1.82, 2.24) is 10.3 Å². The second-order valence-electron chi connectivity index (χ2n) is 3.82. The fourth-order valence-electron chi connectivity index (χ4n) is 1.98. The van der Waals surface area contributed by atoms with Crippen molar-refractivity contribution in [1.29, 1.82) is 0 Å². The molecule has 1 saturated heterocycles. The van der Waals surface area contributed by atoms with E-state index in [2.05, 4.69) is 44.1 Å². The van der Waals surface area contributed by atoms with E-state index in [1.165, 1.54) is 6.42 Å². The fourth-order valence-corrected chi connectivity index (χ4v) is 2.21. The van der Waals surface area contributed by atoms with Crippen LogP contribution in [0.2, 0.25) is 0 Å². The number of aromatic nitrogens is 1. The molecule has 4 heteroatoms. The molecule has 1 aliphatic rings. The first kappa shape index (κ1) is 10.9. The predicted molar refractivity (Wildman–Crippen MR) is 66.2 cm³/mol. The first-order valence-electron chi connectivity index (χ1n) is 5.39. The highest BCUT2D eigenvalue weighted by Gasteiger charge is 2.22. The van der Waals surface area contributed by atoms with Crippen LogP contribution in [0.25, 0.3) is 0 Å². The van der Waals surface area contributed by atoms with Gasteiger partial charge < -0.3 is 10.2 Å². The minimum Gasteiger partial charge on any atom is -0.355 e. The van der Waals surface area contributed by atoms with E-state index in [0.717, 1.165) is 29.9 Å². The molecule has 0 amide bonds. The molecule has 0 spiro atoms. The average Bonchev–Trinajstić information content (AvgIpc) is 2.68. The van der Waals surface area contributed by atoms with Crippen molar-refractivity contribution >= 4 is 21.7 Å². The average molecular weight is 270 g/mol. The van der Waals surface area contributed by atoms with Crippen molar-refractivity contribution < 1.29 is 0 Å². The van der Waals surface area contributed by atoms with Crippen molar-refractivity contribution in [3.05, 3.63) is 22.8 Å². The van der Waals surface area contributed by atoms with Gasteiger partial charge in [-0.05, 0) is 41.0 Å². The maximum atomic E-state index is 4.41. The predicted octanol–water partition coefficient (Wildman–Crippen LogP) is 2.03. The second-order valence-corrected chi connectivity index (χ2v) is 4.74. The van der Waals surface area contributed by atoms with Gasteiger partial charge in [0.1, 0.15) is 5.82 Å². The van der Waals surface area contributed by atoms with Crippen molar-refractivity contribution in [2.24, 2.45) is 0 Å². The number of anilines is 1. The minimum atomic E-state index is 0.625. The van der Waals surface area contributed by atoms with Gasteiger partial charge in [-0.2, -0.15) is 0 Å². The van der Waals surface area contributed by atoms with E-state index in [1.54, 1.807) is 0 Å². The maximum absolute atomic E-state index is 4.41. The summed E-state index contributed by atoms with van der Waals surface area (Å²) in [6.45, 7) is 5.38. The van der Waals surface area contributed by atoms with Crippen LogP contribution in [0.5, 0.6) is 0 Å². The topological polar surface area (TPSA) is 28.2 Å². The number of nitrogens with zero attached hydrogens (tertiary/aromatic N) is 2. The third-order valence-electron chi connectivity index (χ3n) is 2.72. The number of nitrogens with one attached hydrogen (secondary N) is 1. The van der Waals surface area contributed by atoms with E-state index in [4.69, 9.17) is 0 Å². The van der Waals surface area contributed by atoms with Gasteiger partial charge in [0.15, 0.2) is 0 Å². The van der Waals surface area contributed by atoms with E-state index in [-0.39, 0.29) is 0 Å². The molecule has 1 aliphatic heterocycles. The van der Waals surface area contributed by atoms with Gasteiger partial charge in [0.05, 0.1) is 0 Å². The molecule has 0 aliphatic carbocycles. The van der Waals surface area contributed by atoms with Crippen LogP contribution in [0.1, 0.15) is 13.3 Å². The fraction of sp³-hybridized carbons (Fsp3) is 0.545. The van der Waals surface area contributed by atoms with E-state index < -0.39 is 0 Å². The van der Waals surface area contributed by atoms with Crippen LogP contribution in [0, 0.1) is 0 Å². The van der Waals surface area contributed by atoms with Gasteiger partial charge in [-0.3, -0.25) is 0 Å². The summed E-state index contributed by atoms with van der Waals surface area (Å²) in [5, 5.41) is 3.48. The minimum absolute atomic E-state index is 0.625. The number of halogens is 1. The summed E-state index contributed by atoms with van der Waals surface area (Å²) in [7, 11) is 0. The van der Waals surface area contributed by atoms with Crippen LogP contribution in [0.3, 0.4) is 0 Å². The van der Waals surface area contributed by atoms with E-state index in [1.807, 2.05) is 12.3 Å². The Morgan fingerprint density at radius 2 is 2.47 bits per heavy atom. The standard InChI is InChI=1S/C11H16BrN3/c1-2-13-10-5-6-15(8-10)11-4-3-9(12)7-14-11/h3-4,7,10,13H,2,5-6,8H2,1H3/t10-/m1/s1. The zero-order valence-electron chi connectivity index (χ0n) is 8.91. The Balaban J connectivity index is 1.98. The molecule has 1 aromatic heterocycles. The molecule has 0 bridgehead atoms. The molecule has 1 atom stereocenters. The Morgan fingerprint density at radius 3 is 3.13 bits per heavy atom. The van der Waals surface area contributed by atoms with Gasteiger partial charge in [-0.25, -0.2) is 4.98 Å². The van der Waals surface area contributed by atoms with Crippen molar-refractivity contribution in [3.63, 3.8) is 0 Å². The van der Waals surface area contributed by atoms with E-state index in [9.17, 15) is 0 Å². The Bertz CT molecular complexity index is 312. The summed E-state index contributed by atoms with van der Waals surface area (Å²) in [4.78, 5) is 6.74. The van der Waals surface area contributed by atoms with Gasteiger partial charge in [0, 0.05) is 29.8 Å². The molecule has 0 saturated carbocycles. The molecular weight excluding hydrogens is 254 g/mol. The molecular formula is C11H16BrN3. The summed E-state index contributed by atoms with van der Waals surface area (Å²) in [6.07, 6.45) is 3.07. The largest absolute Gasteiger partial charge is 0.355 e. The quantitative estimate of drug-likeness (QED) is 0.911. The first-order chi connectivity index (χ1) is 7.29. The highest BCUT2D eigenvalue weighted by atomic mass is 79.9. The molecule has 1 N–H and O–H groups in total. The number of pyridine rings is 1. The molecule has 0 radical (unpaired) electrons. The van der Waals surface area contributed by atoms with Crippen molar-refractivity contribution in [2.75, 3.05) is 24.5 Å². The van der Waals surface area contributed by atoms with Crippen molar-refractivity contribution in [2.45, 2.75) is 19.4 Å². The Labute approximate surface area is 99.0 Å². The summed E-state index contributed by atoms with van der Waals surface area (Å²) in [6, 6.07) is 4.74. The van der Waals surface area contributed by atoms with Gasteiger partial charge in [-0.1, -0.05) is 6.92 Å². The highest BCUT2D eigenvalue weighted by Crippen LogP contribution is 2.19. The monoisotopic (exact) mass is 269 g/mol. The third-order valence-corrected chi connectivity index (χ3v) is 3.19. The highest BCUT2D eigenvalue weighted by molar-refractivity contribution is 9.10. The normalized spacial score (nSPS) is 20.9. The number of rotatable bonds is 3. The smallest absolute Gasteiger partial charge is 0.128 e. The van der Waals surface area contributed by atoms with Crippen LogP contribution in [-0.4, -0.2) is 30.7 Å². The second kappa shape index (κ2) is 4.94. The lowest BCUT2D eigenvalue weighted by Gasteiger charge is -2.17. The van der Waals surface area contributed by atoms with Gasteiger partial charge >= 0.3 is 0 Å². The van der Waals surface area contributed by atoms with E-state index >= 15 is 0 Å². The van der Waals surface area contributed by atoms with Gasteiger partial charge in [0.25, 0.3) is 0 Å². The molecule has 15 heavy (non-hydrogen) atoms. The number of hydrogen-bond donors (Lipinski definition) is 1. The Hall–Kier alpha value is -0.610. The number of likely N-dealkylation sites (N-methyl/N-ethyl adjacent to an activating group) is 1. The van der Waals surface area contributed by atoms with Crippen LogP contribution in [0.15, 0.2) is 22.8 Å². The molecule has 0 aromatic carbocycles. The van der Waals surface area contributed by atoms with Gasteiger partial charge in [0.2, 0.25) is 0 Å². The molecule has 0 unspecified atom stereocenters. The summed E-state index contributed by atoms with van der Waals surface area (Å²) < 4.78 is 1.04. The molecule has 1 fully saturated rings. The first-order valence-corrected chi connectivity index (χ1v) is 6.19. The van der Waals surface area contributed by atoms with Crippen molar-refractivity contribution in [3.8, 4) is 0 Å². The lowest BCUT2D eigenvalue weighted by molar-refractivity contribution is 0.571.